The minimum absolute atomic E-state index is 0.220. The zero-order valence-electron chi connectivity index (χ0n) is 10.7. The van der Waals surface area contributed by atoms with E-state index < -0.39 is 5.97 Å². The van der Waals surface area contributed by atoms with E-state index in [1.807, 2.05) is 24.3 Å². The molecular weight excluding hydrogens is 258 g/mol. The fourth-order valence-corrected chi connectivity index (χ4v) is 2.25. The fraction of sp³-hybridized carbons (Fsp3) is 0.214. The second kappa shape index (κ2) is 5.16. The average molecular weight is 271 g/mol. The molecule has 0 fully saturated rings. The van der Waals surface area contributed by atoms with Crippen LogP contribution in [-0.4, -0.2) is 35.2 Å². The van der Waals surface area contributed by atoms with E-state index in [2.05, 4.69) is 10.2 Å². The number of benzene rings is 1. The van der Waals surface area contributed by atoms with Crippen molar-refractivity contribution in [1.82, 2.24) is 10.2 Å². The first kappa shape index (κ1) is 12.4. The molecule has 0 aliphatic carbocycles. The zero-order chi connectivity index (χ0) is 13.9. The summed E-state index contributed by atoms with van der Waals surface area (Å²) in [5, 5.41) is 6.15. The van der Waals surface area contributed by atoms with Gasteiger partial charge in [-0.25, -0.2) is 4.79 Å². The summed E-state index contributed by atoms with van der Waals surface area (Å²) in [5.74, 6) is -0.800. The molecule has 0 atom stereocenters. The van der Waals surface area contributed by atoms with Gasteiger partial charge in [-0.1, -0.05) is 18.2 Å². The van der Waals surface area contributed by atoms with E-state index in [9.17, 15) is 9.59 Å². The maximum atomic E-state index is 12.1. The highest BCUT2D eigenvalue weighted by Crippen LogP contribution is 2.27. The van der Waals surface area contributed by atoms with E-state index in [0.717, 1.165) is 17.7 Å². The molecule has 0 radical (unpaired) electrons. The Morgan fingerprint density at radius 1 is 1.30 bits per heavy atom. The number of H-pyrrole nitrogens is 1. The van der Waals surface area contributed by atoms with Gasteiger partial charge in [0.1, 0.15) is 5.69 Å². The van der Waals surface area contributed by atoms with Crippen molar-refractivity contribution in [1.29, 1.82) is 0 Å². The van der Waals surface area contributed by atoms with Crippen LogP contribution in [0.1, 0.15) is 16.1 Å². The van der Waals surface area contributed by atoms with E-state index in [4.69, 9.17) is 4.74 Å². The summed E-state index contributed by atoms with van der Waals surface area (Å²) in [5.41, 5.74) is 2.27. The van der Waals surface area contributed by atoms with E-state index in [1.165, 1.54) is 12.3 Å². The molecule has 3 rings (SSSR count). The second-order valence-corrected chi connectivity index (χ2v) is 4.47. The topological polar surface area (TPSA) is 75.3 Å². The standard InChI is InChI=1S/C14H13N3O3/c18-13(9-20-14(19)11-5-7-15-16-11)17-8-6-10-3-1-2-4-12(10)17/h1-5,7H,6,8-9H2,(H,15,16). The summed E-state index contributed by atoms with van der Waals surface area (Å²) in [4.78, 5) is 25.4. The van der Waals surface area contributed by atoms with Crippen LogP contribution in [0.2, 0.25) is 0 Å². The van der Waals surface area contributed by atoms with Gasteiger partial charge in [0.2, 0.25) is 0 Å². The van der Waals surface area contributed by atoms with Crippen LogP contribution in [0, 0.1) is 0 Å². The molecule has 1 aromatic carbocycles. The summed E-state index contributed by atoms with van der Waals surface area (Å²) in [6, 6.07) is 9.24. The first-order chi connectivity index (χ1) is 9.75. The van der Waals surface area contributed by atoms with E-state index in [-0.39, 0.29) is 18.2 Å². The Morgan fingerprint density at radius 2 is 2.15 bits per heavy atom. The Balaban J connectivity index is 1.62. The van der Waals surface area contributed by atoms with Crippen molar-refractivity contribution in [3.05, 3.63) is 47.8 Å². The summed E-state index contributed by atoms with van der Waals surface area (Å²) in [7, 11) is 0. The SMILES string of the molecule is O=C(OCC(=O)N1CCc2ccccc21)c1ccn[nH]1. The van der Waals surface area contributed by atoms with Crippen LogP contribution in [0.5, 0.6) is 0 Å². The molecule has 20 heavy (non-hydrogen) atoms. The molecule has 1 aliphatic heterocycles. The van der Waals surface area contributed by atoms with Crippen LogP contribution in [0.25, 0.3) is 0 Å². The van der Waals surface area contributed by atoms with Crippen molar-refractivity contribution >= 4 is 17.6 Å². The lowest BCUT2D eigenvalue weighted by atomic mass is 10.2. The number of anilines is 1. The van der Waals surface area contributed by atoms with Crippen molar-refractivity contribution < 1.29 is 14.3 Å². The van der Waals surface area contributed by atoms with Gasteiger partial charge in [-0.15, -0.1) is 0 Å². The van der Waals surface area contributed by atoms with Gasteiger partial charge in [0.05, 0.1) is 0 Å². The van der Waals surface area contributed by atoms with Crippen LogP contribution in [0.4, 0.5) is 5.69 Å². The van der Waals surface area contributed by atoms with Gasteiger partial charge in [-0.3, -0.25) is 9.89 Å². The molecule has 1 aliphatic rings. The third kappa shape index (κ3) is 2.27. The number of carbonyl (C=O) groups is 2. The van der Waals surface area contributed by atoms with Gasteiger partial charge < -0.3 is 9.64 Å². The van der Waals surface area contributed by atoms with Crippen molar-refractivity contribution in [2.24, 2.45) is 0 Å². The van der Waals surface area contributed by atoms with Crippen LogP contribution < -0.4 is 4.90 Å². The number of carbonyl (C=O) groups excluding carboxylic acids is 2. The van der Waals surface area contributed by atoms with Crippen molar-refractivity contribution in [2.45, 2.75) is 6.42 Å². The quantitative estimate of drug-likeness (QED) is 0.850. The lowest BCUT2D eigenvalue weighted by Gasteiger charge is -2.16. The molecule has 0 spiro atoms. The van der Waals surface area contributed by atoms with E-state index in [1.54, 1.807) is 4.90 Å². The number of nitrogens with one attached hydrogen (secondary N) is 1. The number of hydrogen-bond donors (Lipinski definition) is 1. The number of ether oxygens (including phenoxy) is 1. The number of aromatic nitrogens is 2. The van der Waals surface area contributed by atoms with Gasteiger partial charge in [0.15, 0.2) is 6.61 Å². The molecule has 2 aromatic rings. The van der Waals surface area contributed by atoms with Crippen molar-refractivity contribution in [3.8, 4) is 0 Å². The molecule has 1 N–H and O–H groups in total. The monoisotopic (exact) mass is 271 g/mol. The van der Waals surface area contributed by atoms with Gasteiger partial charge in [-0.2, -0.15) is 5.10 Å². The van der Waals surface area contributed by atoms with Crippen LogP contribution >= 0.6 is 0 Å². The van der Waals surface area contributed by atoms with Gasteiger partial charge >= 0.3 is 5.97 Å². The molecule has 6 heteroatoms. The molecule has 0 bridgehead atoms. The fourth-order valence-electron chi connectivity index (χ4n) is 2.25. The predicted octanol–water partition coefficient (Wildman–Crippen LogP) is 1.16. The normalized spacial score (nSPS) is 13.1. The maximum absolute atomic E-state index is 12.1. The summed E-state index contributed by atoms with van der Waals surface area (Å²) >= 11 is 0. The first-order valence-corrected chi connectivity index (χ1v) is 6.30. The zero-order valence-corrected chi connectivity index (χ0v) is 10.7. The Bertz CT molecular complexity index is 637. The van der Waals surface area contributed by atoms with Gasteiger partial charge in [0.25, 0.3) is 5.91 Å². The molecule has 0 saturated carbocycles. The minimum Gasteiger partial charge on any atom is -0.451 e. The Hall–Kier alpha value is -2.63. The number of nitrogens with zero attached hydrogens (tertiary/aromatic N) is 2. The molecule has 102 valence electrons. The lowest BCUT2D eigenvalue weighted by Crippen LogP contribution is -2.33. The summed E-state index contributed by atoms with van der Waals surface area (Å²) < 4.78 is 4.97. The number of hydrogen-bond acceptors (Lipinski definition) is 4. The third-order valence-corrected chi connectivity index (χ3v) is 3.24. The smallest absolute Gasteiger partial charge is 0.356 e. The Labute approximate surface area is 115 Å². The van der Waals surface area contributed by atoms with Crippen LogP contribution in [-0.2, 0) is 16.0 Å². The molecule has 2 heterocycles. The Kier molecular flexibility index (Phi) is 3.20. The number of aromatic amines is 1. The number of rotatable bonds is 3. The highest BCUT2D eigenvalue weighted by atomic mass is 16.5. The lowest BCUT2D eigenvalue weighted by molar-refractivity contribution is -0.121. The van der Waals surface area contributed by atoms with Crippen molar-refractivity contribution in [2.75, 3.05) is 18.1 Å². The van der Waals surface area contributed by atoms with E-state index >= 15 is 0 Å². The summed E-state index contributed by atoms with van der Waals surface area (Å²) in [6.45, 7) is 0.353. The highest BCUT2D eigenvalue weighted by Gasteiger charge is 2.25. The first-order valence-electron chi connectivity index (χ1n) is 6.30. The summed E-state index contributed by atoms with van der Waals surface area (Å²) in [6.07, 6.45) is 2.28. The van der Waals surface area contributed by atoms with Gasteiger partial charge in [0, 0.05) is 18.4 Å². The number of para-hydroxylation sites is 1. The second-order valence-electron chi connectivity index (χ2n) is 4.47. The number of fused-ring (bicyclic) bond motifs is 1. The van der Waals surface area contributed by atoms with Crippen molar-refractivity contribution in [3.63, 3.8) is 0 Å². The van der Waals surface area contributed by atoms with Crippen LogP contribution in [0.3, 0.4) is 0 Å². The number of esters is 1. The third-order valence-electron chi connectivity index (χ3n) is 3.24. The highest BCUT2D eigenvalue weighted by molar-refractivity contribution is 5.98. The van der Waals surface area contributed by atoms with E-state index in [0.29, 0.717) is 6.54 Å². The molecular formula is C14H13N3O3. The van der Waals surface area contributed by atoms with Crippen LogP contribution in [0.15, 0.2) is 36.5 Å². The number of amides is 1. The van der Waals surface area contributed by atoms with Gasteiger partial charge in [-0.05, 0) is 24.1 Å². The molecule has 6 nitrogen and oxygen atoms in total. The maximum Gasteiger partial charge on any atom is 0.356 e. The largest absolute Gasteiger partial charge is 0.451 e. The molecule has 1 amide bonds. The minimum atomic E-state index is -0.580. The predicted molar refractivity (Wildman–Crippen MR) is 71.4 cm³/mol. The molecule has 0 saturated heterocycles. The Morgan fingerprint density at radius 3 is 2.95 bits per heavy atom. The average Bonchev–Trinajstić information content (AvgIpc) is 3.13. The molecule has 1 aromatic heterocycles. The molecule has 0 unspecified atom stereocenters.